The molecular formula is C14H14N2S. The second-order valence-corrected chi connectivity index (χ2v) is 5.61. The number of hydrogen-bond donors (Lipinski definition) is 1. The van der Waals surface area contributed by atoms with E-state index >= 15 is 0 Å². The van der Waals surface area contributed by atoms with Crippen molar-refractivity contribution in [2.75, 3.05) is 0 Å². The second-order valence-electron chi connectivity index (χ2n) is 4.49. The van der Waals surface area contributed by atoms with Gasteiger partial charge in [-0.05, 0) is 24.1 Å². The van der Waals surface area contributed by atoms with E-state index in [2.05, 4.69) is 54.4 Å². The lowest BCUT2D eigenvalue weighted by atomic mass is 10.1. The predicted octanol–water partition coefficient (Wildman–Crippen LogP) is 4.41. The molecule has 86 valence electrons. The highest BCUT2D eigenvalue weighted by Crippen LogP contribution is 2.35. The van der Waals surface area contributed by atoms with Gasteiger partial charge in [0.1, 0.15) is 0 Å². The zero-order valence-corrected chi connectivity index (χ0v) is 10.7. The summed E-state index contributed by atoms with van der Waals surface area (Å²) in [4.78, 5) is 2.75. The van der Waals surface area contributed by atoms with Gasteiger partial charge in [-0.1, -0.05) is 26.0 Å². The fourth-order valence-electron chi connectivity index (χ4n) is 1.99. The lowest BCUT2D eigenvalue weighted by molar-refractivity contribution is 0.890. The fourth-order valence-corrected chi connectivity index (χ4v) is 3.04. The molecule has 2 nitrogen and oxygen atoms in total. The minimum atomic E-state index is 0.595. The Morgan fingerprint density at radius 3 is 2.82 bits per heavy atom. The summed E-state index contributed by atoms with van der Waals surface area (Å²) in [6.07, 6.45) is 1.90. The third-order valence-corrected chi connectivity index (χ3v) is 4.37. The first-order valence-electron chi connectivity index (χ1n) is 5.78. The number of thiophene rings is 1. The van der Waals surface area contributed by atoms with Crippen LogP contribution in [0.15, 0.2) is 36.5 Å². The summed E-state index contributed by atoms with van der Waals surface area (Å²) in [6.45, 7) is 4.46. The largest absolute Gasteiger partial charge is 0.278 e. The molecule has 0 fully saturated rings. The normalized spacial score (nSPS) is 11.5. The molecule has 0 aliphatic rings. The van der Waals surface area contributed by atoms with Crippen LogP contribution >= 0.6 is 11.3 Å². The van der Waals surface area contributed by atoms with Crippen LogP contribution in [0.25, 0.3) is 21.3 Å². The minimum Gasteiger partial charge on any atom is -0.278 e. The van der Waals surface area contributed by atoms with Gasteiger partial charge in [0.25, 0.3) is 0 Å². The summed E-state index contributed by atoms with van der Waals surface area (Å²) in [5.41, 5.74) is 2.37. The number of fused-ring (bicyclic) bond motifs is 1. The molecule has 0 radical (unpaired) electrons. The van der Waals surface area contributed by atoms with Crippen LogP contribution in [0.1, 0.15) is 24.6 Å². The summed E-state index contributed by atoms with van der Waals surface area (Å²) >= 11 is 1.87. The Kier molecular flexibility index (Phi) is 2.48. The summed E-state index contributed by atoms with van der Waals surface area (Å²) in [5.74, 6) is 0.595. The van der Waals surface area contributed by atoms with Crippen molar-refractivity contribution in [3.05, 3.63) is 41.4 Å². The summed E-state index contributed by atoms with van der Waals surface area (Å²) in [6, 6.07) is 10.7. The first kappa shape index (κ1) is 10.5. The Hall–Kier alpha value is -1.61. The molecule has 17 heavy (non-hydrogen) atoms. The molecule has 0 atom stereocenters. The molecule has 0 spiro atoms. The van der Waals surface area contributed by atoms with E-state index in [1.807, 2.05) is 17.5 Å². The number of H-pyrrole nitrogens is 1. The average molecular weight is 242 g/mol. The highest BCUT2D eigenvalue weighted by molar-refractivity contribution is 7.15. The molecule has 0 amide bonds. The van der Waals surface area contributed by atoms with E-state index in [1.165, 1.54) is 20.7 Å². The van der Waals surface area contributed by atoms with E-state index in [4.69, 9.17) is 0 Å². The Morgan fingerprint density at radius 1 is 1.18 bits per heavy atom. The van der Waals surface area contributed by atoms with Crippen molar-refractivity contribution in [2.24, 2.45) is 0 Å². The van der Waals surface area contributed by atoms with Gasteiger partial charge < -0.3 is 0 Å². The number of rotatable bonds is 2. The predicted molar refractivity (Wildman–Crippen MR) is 73.5 cm³/mol. The number of benzene rings is 1. The van der Waals surface area contributed by atoms with Crippen molar-refractivity contribution in [1.29, 1.82) is 0 Å². The van der Waals surface area contributed by atoms with Gasteiger partial charge in [0.15, 0.2) is 0 Å². The number of aromatic nitrogens is 2. The van der Waals surface area contributed by atoms with E-state index in [-0.39, 0.29) is 0 Å². The maximum atomic E-state index is 4.11. The first-order valence-corrected chi connectivity index (χ1v) is 6.59. The fraction of sp³-hybridized carbons (Fsp3) is 0.214. The SMILES string of the molecule is CC(C)c1ccc(-c2cccc3[nH]ncc23)s1. The molecule has 0 saturated carbocycles. The Balaban J connectivity index is 2.16. The van der Waals surface area contributed by atoms with Crippen molar-refractivity contribution < 1.29 is 0 Å². The van der Waals surface area contributed by atoms with Gasteiger partial charge in [-0.3, -0.25) is 5.10 Å². The third-order valence-electron chi connectivity index (χ3n) is 2.95. The van der Waals surface area contributed by atoms with E-state index in [0.717, 1.165) is 5.52 Å². The third kappa shape index (κ3) is 1.76. The Bertz CT molecular complexity index is 649. The summed E-state index contributed by atoms with van der Waals surface area (Å²) in [7, 11) is 0. The molecule has 0 unspecified atom stereocenters. The minimum absolute atomic E-state index is 0.595. The van der Waals surface area contributed by atoms with Crippen molar-refractivity contribution in [3.63, 3.8) is 0 Å². The van der Waals surface area contributed by atoms with Gasteiger partial charge in [0.2, 0.25) is 0 Å². The smallest absolute Gasteiger partial charge is 0.0656 e. The molecule has 2 heterocycles. The molecule has 3 heteroatoms. The molecule has 3 aromatic rings. The maximum Gasteiger partial charge on any atom is 0.0656 e. The van der Waals surface area contributed by atoms with Crippen molar-refractivity contribution in [3.8, 4) is 10.4 Å². The van der Waals surface area contributed by atoms with Crippen LogP contribution < -0.4 is 0 Å². The average Bonchev–Trinajstić information content (AvgIpc) is 2.97. The summed E-state index contributed by atoms with van der Waals surface area (Å²) < 4.78 is 0. The topological polar surface area (TPSA) is 28.7 Å². The van der Waals surface area contributed by atoms with Crippen LogP contribution in [-0.4, -0.2) is 10.2 Å². The monoisotopic (exact) mass is 242 g/mol. The molecule has 1 N–H and O–H groups in total. The van der Waals surface area contributed by atoms with Crippen LogP contribution in [0.4, 0.5) is 0 Å². The lowest BCUT2D eigenvalue weighted by Gasteiger charge is -2.00. The zero-order chi connectivity index (χ0) is 11.8. The zero-order valence-electron chi connectivity index (χ0n) is 9.90. The number of hydrogen-bond acceptors (Lipinski definition) is 2. The lowest BCUT2D eigenvalue weighted by Crippen LogP contribution is -1.77. The highest BCUT2D eigenvalue weighted by atomic mass is 32.1. The van der Waals surface area contributed by atoms with Crippen molar-refractivity contribution in [1.82, 2.24) is 10.2 Å². The molecule has 3 rings (SSSR count). The quantitative estimate of drug-likeness (QED) is 0.708. The highest BCUT2D eigenvalue weighted by Gasteiger charge is 2.09. The molecular weight excluding hydrogens is 228 g/mol. The van der Waals surface area contributed by atoms with E-state index in [9.17, 15) is 0 Å². The Morgan fingerprint density at radius 2 is 2.06 bits per heavy atom. The van der Waals surface area contributed by atoms with Crippen LogP contribution in [0, 0.1) is 0 Å². The van der Waals surface area contributed by atoms with E-state index < -0.39 is 0 Å². The van der Waals surface area contributed by atoms with Crippen molar-refractivity contribution >= 4 is 22.2 Å². The Labute approximate surface area is 104 Å². The van der Waals surface area contributed by atoms with Crippen LogP contribution in [0.2, 0.25) is 0 Å². The van der Waals surface area contributed by atoms with Gasteiger partial charge in [-0.15, -0.1) is 11.3 Å². The van der Waals surface area contributed by atoms with Gasteiger partial charge in [0, 0.05) is 20.7 Å². The number of nitrogens with one attached hydrogen (secondary N) is 1. The maximum absolute atomic E-state index is 4.11. The number of nitrogens with zero attached hydrogens (tertiary/aromatic N) is 1. The van der Waals surface area contributed by atoms with Gasteiger partial charge in [-0.2, -0.15) is 5.10 Å². The summed E-state index contributed by atoms with van der Waals surface area (Å²) in [5, 5.41) is 8.32. The first-order chi connectivity index (χ1) is 8.25. The second kappa shape index (κ2) is 4.00. The standard InChI is InChI=1S/C14H14N2S/c1-9(2)13-6-7-14(17-13)10-4-3-5-12-11(10)8-15-16-12/h3-9H,1-2H3,(H,15,16). The van der Waals surface area contributed by atoms with E-state index in [1.54, 1.807) is 0 Å². The molecule has 0 aliphatic carbocycles. The van der Waals surface area contributed by atoms with Gasteiger partial charge >= 0.3 is 0 Å². The van der Waals surface area contributed by atoms with E-state index in [0.29, 0.717) is 5.92 Å². The van der Waals surface area contributed by atoms with Crippen LogP contribution in [0.5, 0.6) is 0 Å². The molecule has 2 aromatic heterocycles. The van der Waals surface area contributed by atoms with Gasteiger partial charge in [-0.25, -0.2) is 0 Å². The van der Waals surface area contributed by atoms with Gasteiger partial charge in [0.05, 0.1) is 11.7 Å². The van der Waals surface area contributed by atoms with Crippen LogP contribution in [0.3, 0.4) is 0 Å². The molecule has 1 aromatic carbocycles. The number of aromatic amines is 1. The van der Waals surface area contributed by atoms with Crippen molar-refractivity contribution in [2.45, 2.75) is 19.8 Å². The van der Waals surface area contributed by atoms with Crippen LogP contribution in [-0.2, 0) is 0 Å². The molecule has 0 saturated heterocycles. The molecule has 0 bridgehead atoms. The molecule has 0 aliphatic heterocycles.